The highest BCUT2D eigenvalue weighted by molar-refractivity contribution is 6.28. The molecule has 2 rings (SSSR count). The quantitative estimate of drug-likeness (QED) is 0.844. The molecule has 1 aromatic heterocycles. The topological polar surface area (TPSA) is 30.7 Å². The molecule has 0 N–H and O–H groups in total. The molecule has 0 radical (unpaired) electrons. The van der Waals surface area contributed by atoms with E-state index in [0.29, 0.717) is 11.2 Å². The summed E-state index contributed by atoms with van der Waals surface area (Å²) >= 11 is 6.08. The Bertz CT molecular complexity index is 532. The van der Waals surface area contributed by atoms with Gasteiger partial charge in [-0.25, -0.2) is 0 Å². The summed E-state index contributed by atoms with van der Waals surface area (Å²) in [7, 11) is 0. The van der Waals surface area contributed by atoms with Crippen LogP contribution in [-0.2, 0) is 13.0 Å². The van der Waals surface area contributed by atoms with Gasteiger partial charge in [-0.05, 0) is 30.5 Å². The molecule has 2 aromatic rings. The van der Waals surface area contributed by atoms with E-state index in [9.17, 15) is 0 Å². The van der Waals surface area contributed by atoms with Crippen molar-refractivity contribution in [3.8, 4) is 0 Å². The molecule has 0 amide bonds. The summed E-state index contributed by atoms with van der Waals surface area (Å²) in [6.45, 7) is 7.13. The number of aromatic nitrogens is 3. The van der Waals surface area contributed by atoms with Crippen LogP contribution in [-0.4, -0.2) is 14.8 Å². The van der Waals surface area contributed by atoms with Gasteiger partial charge in [0.15, 0.2) is 0 Å². The maximum atomic E-state index is 6.08. The third-order valence-electron chi connectivity index (χ3n) is 2.96. The average molecular weight is 264 g/mol. The van der Waals surface area contributed by atoms with Crippen molar-refractivity contribution in [1.82, 2.24) is 14.8 Å². The highest BCUT2D eigenvalue weighted by Crippen LogP contribution is 2.17. The van der Waals surface area contributed by atoms with Gasteiger partial charge in [-0.15, -0.1) is 10.2 Å². The molecule has 1 heterocycles. The molecule has 1 aromatic carbocycles. The first-order valence-corrected chi connectivity index (χ1v) is 6.60. The fraction of sp³-hybridized carbons (Fsp3) is 0.429. The standard InChI is InChI=1S/C14H18ClN3/c1-10(2)13-16-17-14(15)18(13)8-7-12-6-4-5-11(3)9-12/h4-6,9-10H,7-8H2,1-3H3. The molecule has 0 saturated carbocycles. The third-order valence-corrected chi connectivity index (χ3v) is 3.24. The summed E-state index contributed by atoms with van der Waals surface area (Å²) in [6.07, 6.45) is 0.944. The van der Waals surface area contributed by atoms with Crippen molar-refractivity contribution in [2.45, 2.75) is 39.7 Å². The Labute approximate surface area is 113 Å². The van der Waals surface area contributed by atoms with E-state index in [2.05, 4.69) is 55.2 Å². The first kappa shape index (κ1) is 13.1. The Morgan fingerprint density at radius 2 is 2.06 bits per heavy atom. The number of nitrogens with zero attached hydrogens (tertiary/aromatic N) is 3. The Balaban J connectivity index is 2.13. The van der Waals surface area contributed by atoms with Crippen molar-refractivity contribution in [3.05, 3.63) is 46.5 Å². The molecular formula is C14H18ClN3. The van der Waals surface area contributed by atoms with E-state index in [4.69, 9.17) is 11.6 Å². The normalized spacial score (nSPS) is 11.2. The number of rotatable bonds is 4. The van der Waals surface area contributed by atoms with Crippen LogP contribution >= 0.6 is 11.6 Å². The number of aryl methyl sites for hydroxylation is 2. The SMILES string of the molecule is Cc1cccc(CCn2c(Cl)nnc2C(C)C)c1. The lowest BCUT2D eigenvalue weighted by atomic mass is 10.1. The monoisotopic (exact) mass is 263 g/mol. The molecule has 0 spiro atoms. The van der Waals surface area contributed by atoms with Crippen molar-refractivity contribution >= 4 is 11.6 Å². The van der Waals surface area contributed by atoms with Crippen LogP contribution in [0.4, 0.5) is 0 Å². The maximum absolute atomic E-state index is 6.08. The van der Waals surface area contributed by atoms with E-state index in [1.54, 1.807) is 0 Å². The first-order valence-electron chi connectivity index (χ1n) is 6.22. The zero-order valence-corrected chi connectivity index (χ0v) is 11.8. The van der Waals surface area contributed by atoms with Crippen LogP contribution in [0.25, 0.3) is 0 Å². The van der Waals surface area contributed by atoms with Crippen LogP contribution in [0.2, 0.25) is 5.28 Å². The fourth-order valence-electron chi connectivity index (χ4n) is 2.04. The zero-order valence-electron chi connectivity index (χ0n) is 11.0. The van der Waals surface area contributed by atoms with E-state index in [1.807, 2.05) is 4.57 Å². The van der Waals surface area contributed by atoms with E-state index < -0.39 is 0 Å². The molecule has 0 aliphatic heterocycles. The Kier molecular flexibility index (Phi) is 4.02. The van der Waals surface area contributed by atoms with Crippen LogP contribution in [0.1, 0.15) is 36.7 Å². The fourth-order valence-corrected chi connectivity index (χ4v) is 2.25. The minimum Gasteiger partial charge on any atom is -0.301 e. The van der Waals surface area contributed by atoms with E-state index in [0.717, 1.165) is 18.8 Å². The summed E-state index contributed by atoms with van der Waals surface area (Å²) in [4.78, 5) is 0. The predicted octanol–water partition coefficient (Wildman–Crippen LogP) is 3.61. The molecule has 3 nitrogen and oxygen atoms in total. The highest BCUT2D eigenvalue weighted by Gasteiger charge is 2.12. The minimum atomic E-state index is 0.336. The highest BCUT2D eigenvalue weighted by atomic mass is 35.5. The molecule has 4 heteroatoms. The molecule has 18 heavy (non-hydrogen) atoms. The van der Waals surface area contributed by atoms with Gasteiger partial charge in [-0.1, -0.05) is 43.7 Å². The lowest BCUT2D eigenvalue weighted by Gasteiger charge is -2.10. The van der Waals surface area contributed by atoms with Crippen molar-refractivity contribution < 1.29 is 0 Å². The van der Waals surface area contributed by atoms with Crippen molar-refractivity contribution in [2.75, 3.05) is 0 Å². The van der Waals surface area contributed by atoms with Gasteiger partial charge in [0.05, 0.1) is 0 Å². The van der Waals surface area contributed by atoms with E-state index in [1.165, 1.54) is 11.1 Å². The minimum absolute atomic E-state index is 0.336. The molecule has 0 saturated heterocycles. The molecule has 0 unspecified atom stereocenters. The molecular weight excluding hydrogens is 246 g/mol. The number of hydrogen-bond acceptors (Lipinski definition) is 2. The van der Waals surface area contributed by atoms with Crippen molar-refractivity contribution in [2.24, 2.45) is 0 Å². The van der Waals surface area contributed by atoms with E-state index in [-0.39, 0.29) is 0 Å². The van der Waals surface area contributed by atoms with Gasteiger partial charge in [0.1, 0.15) is 5.82 Å². The van der Waals surface area contributed by atoms with Gasteiger partial charge < -0.3 is 4.57 Å². The number of halogens is 1. The van der Waals surface area contributed by atoms with Crippen LogP contribution in [0.5, 0.6) is 0 Å². The molecule has 0 bridgehead atoms. The molecule has 96 valence electrons. The smallest absolute Gasteiger partial charge is 0.225 e. The van der Waals surface area contributed by atoms with E-state index >= 15 is 0 Å². The van der Waals surface area contributed by atoms with Crippen LogP contribution in [0.3, 0.4) is 0 Å². The summed E-state index contributed by atoms with van der Waals surface area (Å²) < 4.78 is 1.99. The van der Waals surface area contributed by atoms with Crippen LogP contribution in [0.15, 0.2) is 24.3 Å². The first-order chi connectivity index (χ1) is 8.58. The number of benzene rings is 1. The molecule has 0 aliphatic carbocycles. The maximum Gasteiger partial charge on any atom is 0.225 e. The van der Waals surface area contributed by atoms with Gasteiger partial charge in [-0.3, -0.25) is 0 Å². The summed E-state index contributed by atoms with van der Waals surface area (Å²) in [5, 5.41) is 8.55. The van der Waals surface area contributed by atoms with Gasteiger partial charge in [-0.2, -0.15) is 0 Å². The zero-order chi connectivity index (χ0) is 13.1. The second kappa shape index (κ2) is 5.53. The number of hydrogen-bond donors (Lipinski definition) is 0. The predicted molar refractivity (Wildman–Crippen MR) is 74.0 cm³/mol. The molecule has 0 atom stereocenters. The molecule has 0 fully saturated rings. The lowest BCUT2D eigenvalue weighted by molar-refractivity contribution is 0.620. The Morgan fingerprint density at radius 1 is 1.28 bits per heavy atom. The van der Waals surface area contributed by atoms with Crippen molar-refractivity contribution in [1.29, 1.82) is 0 Å². The van der Waals surface area contributed by atoms with Crippen LogP contribution < -0.4 is 0 Å². The van der Waals surface area contributed by atoms with Gasteiger partial charge in [0, 0.05) is 12.5 Å². The third kappa shape index (κ3) is 2.91. The van der Waals surface area contributed by atoms with Gasteiger partial charge in [0.25, 0.3) is 0 Å². The van der Waals surface area contributed by atoms with Gasteiger partial charge in [0.2, 0.25) is 5.28 Å². The summed E-state index contributed by atoms with van der Waals surface area (Å²) in [5.74, 6) is 1.29. The largest absolute Gasteiger partial charge is 0.301 e. The van der Waals surface area contributed by atoms with Gasteiger partial charge >= 0.3 is 0 Å². The second-order valence-corrected chi connectivity index (χ2v) is 5.21. The second-order valence-electron chi connectivity index (χ2n) is 4.87. The van der Waals surface area contributed by atoms with Crippen molar-refractivity contribution in [3.63, 3.8) is 0 Å². The Morgan fingerprint density at radius 3 is 2.72 bits per heavy atom. The average Bonchev–Trinajstić information content (AvgIpc) is 2.68. The van der Waals surface area contributed by atoms with Crippen LogP contribution in [0, 0.1) is 6.92 Å². The summed E-state index contributed by atoms with van der Waals surface area (Å²) in [5.41, 5.74) is 2.60. The summed E-state index contributed by atoms with van der Waals surface area (Å²) in [6, 6.07) is 8.53. The Hall–Kier alpha value is -1.35. The lowest BCUT2D eigenvalue weighted by Crippen LogP contribution is -2.08. The molecule has 0 aliphatic rings.